The van der Waals surface area contributed by atoms with E-state index in [0.29, 0.717) is 58.9 Å². The van der Waals surface area contributed by atoms with Gasteiger partial charge < -0.3 is 48.3 Å². The van der Waals surface area contributed by atoms with Crippen molar-refractivity contribution in [1.82, 2.24) is 14.5 Å². The zero-order chi connectivity index (χ0) is 57.3. The van der Waals surface area contributed by atoms with E-state index in [1.807, 2.05) is 51.0 Å². The largest absolute Gasteiger partial charge is 0.756 e. The molecule has 0 bridgehead atoms. The summed E-state index contributed by atoms with van der Waals surface area (Å²) in [5.74, 6) is -1.29. The highest BCUT2D eigenvalue weighted by atomic mass is 31.2. The Labute approximate surface area is 469 Å². The maximum atomic E-state index is 14.3. The Hall–Kier alpha value is -5.72. The van der Waals surface area contributed by atoms with Crippen molar-refractivity contribution < 1.29 is 56.4 Å². The number of amides is 2. The second kappa shape index (κ2) is 36.5. The van der Waals surface area contributed by atoms with Gasteiger partial charge in [-0.3, -0.25) is 23.8 Å². The molecule has 0 fully saturated rings. The molecule has 2 unspecified atom stereocenters. The van der Waals surface area contributed by atoms with Crippen LogP contribution >= 0.6 is 7.82 Å². The van der Waals surface area contributed by atoms with Gasteiger partial charge in [-0.15, -0.1) is 0 Å². The molecule has 3 N–H and O–H groups in total. The van der Waals surface area contributed by atoms with Gasteiger partial charge in [0.1, 0.15) is 30.6 Å². The van der Waals surface area contributed by atoms with Crippen molar-refractivity contribution >= 4 is 60.1 Å². The summed E-state index contributed by atoms with van der Waals surface area (Å²) in [5, 5.41) is 3.35. The molecular formula is C59H91N8O11P. The van der Waals surface area contributed by atoms with Crippen LogP contribution in [-0.2, 0) is 51.0 Å². The van der Waals surface area contributed by atoms with Gasteiger partial charge in [0.15, 0.2) is 0 Å². The highest BCUT2D eigenvalue weighted by Gasteiger charge is 2.24. The van der Waals surface area contributed by atoms with Crippen molar-refractivity contribution in [3.63, 3.8) is 0 Å². The summed E-state index contributed by atoms with van der Waals surface area (Å²) < 4.78 is 41.7. The van der Waals surface area contributed by atoms with Crippen molar-refractivity contribution in [2.45, 2.75) is 155 Å². The highest BCUT2D eigenvalue weighted by molar-refractivity contribution is 7.45. The van der Waals surface area contributed by atoms with Crippen LogP contribution in [0.1, 0.15) is 170 Å². The molecule has 0 aliphatic carbocycles. The lowest BCUT2D eigenvalue weighted by Crippen LogP contribution is -2.37. The summed E-state index contributed by atoms with van der Waals surface area (Å²) in [7, 11) is 2.85. The molecule has 19 nitrogen and oxygen atoms in total. The number of likely N-dealkylation sites (N-methyl/N-ethyl adjacent to an activating group) is 1. The number of ether oxygens (including phenoxy) is 3. The van der Waals surface area contributed by atoms with E-state index in [9.17, 15) is 28.6 Å². The van der Waals surface area contributed by atoms with E-state index in [0.717, 1.165) is 56.1 Å². The number of pyridine rings is 1. The molecule has 20 heteroatoms. The third-order valence-electron chi connectivity index (χ3n) is 13.4. The molecule has 0 radical (unpaired) electrons. The maximum Gasteiger partial charge on any atom is 0.435 e. The Balaban J connectivity index is 1.30. The third kappa shape index (κ3) is 26.9. The topological polar surface area (TPSA) is 239 Å². The minimum Gasteiger partial charge on any atom is -0.756 e. The number of rotatable bonds is 41. The number of fused-ring (bicyclic) bond motifs is 1. The molecule has 2 heterocycles. The van der Waals surface area contributed by atoms with Crippen LogP contribution in [0.4, 0.5) is 16.3 Å². The Morgan fingerprint density at radius 1 is 0.722 bits per heavy atom. The number of carbonyl (C=O) groups excluding carboxylic acids is 4. The number of phosphoric ester groups is 1. The van der Waals surface area contributed by atoms with Gasteiger partial charge in [-0.05, 0) is 67.4 Å². The SMILES string of the molecule is CCCCCCCCCCCCCCCCCC(=O)OCC(COC(=O)CCN(C(=O)c1ccc2c(c1)nc(CNc1ccc(/C(N)=N/C(=O)OCCCCCC)cc1)n2C)c1ccccn1)COP(=O)([O-])OCC[N+](C)(C)C. The summed E-state index contributed by atoms with van der Waals surface area (Å²) in [6, 6.07) is 17.5. The first-order valence-electron chi connectivity index (χ1n) is 28.7. The number of nitrogens with two attached hydrogens (primary N) is 1. The molecule has 2 amide bonds. The van der Waals surface area contributed by atoms with Gasteiger partial charge in [-0.25, -0.2) is 14.8 Å². The first-order chi connectivity index (χ1) is 38.0. The molecule has 4 rings (SSSR count). The minimum absolute atomic E-state index is 0.0587. The fraction of sp³-hybridized carbons (Fsp3) is 0.610. The fourth-order valence-corrected chi connectivity index (χ4v) is 9.34. The van der Waals surface area contributed by atoms with Gasteiger partial charge in [-0.1, -0.05) is 129 Å². The van der Waals surface area contributed by atoms with Crippen molar-refractivity contribution in [3.05, 3.63) is 83.8 Å². The lowest BCUT2D eigenvalue weighted by molar-refractivity contribution is -0.870. The zero-order valence-corrected chi connectivity index (χ0v) is 49.0. The van der Waals surface area contributed by atoms with Crippen LogP contribution in [0.5, 0.6) is 0 Å². The van der Waals surface area contributed by atoms with Crippen LogP contribution in [0.15, 0.2) is 71.9 Å². The van der Waals surface area contributed by atoms with E-state index in [1.54, 1.807) is 48.7 Å². The monoisotopic (exact) mass is 1120 g/mol. The summed E-state index contributed by atoms with van der Waals surface area (Å²) in [4.78, 5) is 79.8. The number of imidazole rings is 1. The van der Waals surface area contributed by atoms with Crippen LogP contribution < -0.4 is 20.8 Å². The third-order valence-corrected chi connectivity index (χ3v) is 14.4. The number of nitrogens with one attached hydrogen (secondary N) is 1. The number of hydrogen-bond acceptors (Lipinski definition) is 14. The standard InChI is InChI=1S/C59H91N8O11P/c1-7-9-11-13-14-15-16-17-18-19-20-21-22-23-24-29-55(68)75-44-47(46-78-79(72,73)77-41-39-67(4,5)6)45-76-56(69)36-38-66(53-28-25-26-37-61-53)58(70)49-32-35-52-51(42-49)63-54(65(52)3)43-62-50-33-30-48(31-34-50)57(60)64-59(71)74-40-27-12-10-8-2/h25-26,28,30-35,37,42,47H,7-24,27,29,36,38-41,43-46H2,1-6H3,(H3-,60,62,64,71,72,73). The summed E-state index contributed by atoms with van der Waals surface area (Å²) in [5.41, 5.74) is 9.11. The molecule has 0 aliphatic rings. The predicted octanol–water partition coefficient (Wildman–Crippen LogP) is 11.2. The number of quaternary nitrogens is 1. The second-order valence-corrected chi connectivity index (χ2v) is 22.7. The van der Waals surface area contributed by atoms with E-state index in [1.165, 1.54) is 75.5 Å². The molecule has 0 saturated carbocycles. The Morgan fingerprint density at radius 3 is 1.90 bits per heavy atom. The Bertz CT molecular complexity index is 2500. The average Bonchev–Trinajstić information content (AvgIpc) is 3.95. The van der Waals surface area contributed by atoms with Crippen LogP contribution in [-0.4, -0.2) is 116 Å². The van der Waals surface area contributed by atoms with Gasteiger partial charge in [0.05, 0.1) is 77.5 Å². The molecule has 4 aromatic rings. The summed E-state index contributed by atoms with van der Waals surface area (Å²) >= 11 is 0. The molecule has 2 atom stereocenters. The Kier molecular flexibility index (Phi) is 30.4. The Morgan fingerprint density at radius 2 is 1.30 bits per heavy atom. The number of nitrogens with zero attached hydrogens (tertiary/aromatic N) is 6. The fourth-order valence-electron chi connectivity index (χ4n) is 8.57. The number of aliphatic imine (C=N–C) groups is 1. The first kappa shape index (κ1) is 65.8. The van der Waals surface area contributed by atoms with E-state index in [-0.39, 0.29) is 45.0 Å². The van der Waals surface area contributed by atoms with Gasteiger partial charge >= 0.3 is 18.0 Å². The maximum absolute atomic E-state index is 14.3. The molecule has 79 heavy (non-hydrogen) atoms. The van der Waals surface area contributed by atoms with E-state index in [2.05, 4.69) is 29.1 Å². The number of esters is 2. The lowest BCUT2D eigenvalue weighted by Gasteiger charge is -2.28. The first-order valence-corrected chi connectivity index (χ1v) is 30.2. The average molecular weight is 1120 g/mol. The number of anilines is 2. The quantitative estimate of drug-likeness (QED) is 0.00799. The molecule has 2 aromatic carbocycles. The van der Waals surface area contributed by atoms with Gasteiger partial charge in [0.25, 0.3) is 13.7 Å². The van der Waals surface area contributed by atoms with Crippen molar-refractivity contribution in [1.29, 1.82) is 0 Å². The van der Waals surface area contributed by atoms with Crippen LogP contribution in [0, 0.1) is 5.92 Å². The number of aromatic nitrogens is 3. The molecule has 2 aromatic heterocycles. The number of benzene rings is 2. The number of amidine groups is 1. The summed E-state index contributed by atoms with van der Waals surface area (Å²) in [6.45, 7) is 4.22. The highest BCUT2D eigenvalue weighted by Crippen LogP contribution is 2.38. The smallest absolute Gasteiger partial charge is 0.435 e. The number of carbonyl (C=O) groups is 4. The normalized spacial score (nSPS) is 13.0. The lowest BCUT2D eigenvalue weighted by atomic mass is 10.0. The van der Waals surface area contributed by atoms with E-state index < -0.39 is 44.3 Å². The predicted molar refractivity (Wildman–Crippen MR) is 309 cm³/mol. The second-order valence-electron chi connectivity index (χ2n) is 21.3. The van der Waals surface area contributed by atoms with Crippen LogP contribution in [0.2, 0.25) is 0 Å². The van der Waals surface area contributed by atoms with Crippen LogP contribution in [0.25, 0.3) is 11.0 Å². The van der Waals surface area contributed by atoms with Crippen molar-refractivity contribution in [3.8, 4) is 0 Å². The van der Waals surface area contributed by atoms with Crippen LogP contribution in [0.3, 0.4) is 0 Å². The molecule has 0 spiro atoms. The van der Waals surface area contributed by atoms with E-state index in [4.69, 9.17) is 34.0 Å². The molecular weight excluding hydrogens is 1030 g/mol. The molecule has 438 valence electrons. The number of unbranched alkanes of at least 4 members (excludes halogenated alkanes) is 17. The summed E-state index contributed by atoms with van der Waals surface area (Å²) in [6.07, 6.45) is 22.9. The van der Waals surface area contributed by atoms with E-state index >= 15 is 0 Å². The molecule has 0 aliphatic heterocycles. The number of phosphoric acid groups is 1. The van der Waals surface area contributed by atoms with Gasteiger partial charge in [-0.2, -0.15) is 4.99 Å². The minimum atomic E-state index is -4.74. The van der Waals surface area contributed by atoms with Crippen molar-refractivity contribution in [2.24, 2.45) is 23.7 Å². The van der Waals surface area contributed by atoms with Gasteiger partial charge in [0, 0.05) is 43.0 Å². The zero-order valence-electron chi connectivity index (χ0n) is 48.1. The number of aryl methyl sites for hydroxylation is 1. The number of hydrogen-bond donors (Lipinski definition) is 2. The van der Waals surface area contributed by atoms with Gasteiger partial charge in [0.2, 0.25) is 0 Å². The van der Waals surface area contributed by atoms with Crippen molar-refractivity contribution in [2.75, 3.05) is 77.5 Å². The molecule has 0 saturated heterocycles.